The van der Waals surface area contributed by atoms with Crippen molar-refractivity contribution in [3.63, 3.8) is 0 Å². The Labute approximate surface area is 128 Å². The van der Waals surface area contributed by atoms with Gasteiger partial charge < -0.3 is 21.3 Å². The lowest BCUT2D eigenvalue weighted by Gasteiger charge is -2.37. The maximum absolute atomic E-state index is 12.1. The van der Waals surface area contributed by atoms with Gasteiger partial charge in [0.2, 0.25) is 11.8 Å². The van der Waals surface area contributed by atoms with Crippen LogP contribution in [-0.2, 0) is 9.59 Å². The Morgan fingerprint density at radius 1 is 1.14 bits per heavy atom. The predicted molar refractivity (Wildman–Crippen MR) is 82.0 cm³/mol. The van der Waals surface area contributed by atoms with Gasteiger partial charge in [-0.25, -0.2) is 0 Å². The van der Waals surface area contributed by atoms with Gasteiger partial charge in [-0.15, -0.1) is 0 Å². The molecule has 6 nitrogen and oxygen atoms in total. The Kier molecular flexibility index (Phi) is 5.03. The molecule has 1 aliphatic rings. The molecule has 7 heteroatoms. The summed E-state index contributed by atoms with van der Waals surface area (Å²) in [5.41, 5.74) is 11.8. The van der Waals surface area contributed by atoms with Crippen LogP contribution in [0.15, 0.2) is 24.3 Å². The topological polar surface area (TPSA) is 92.7 Å². The molecule has 114 valence electrons. The number of nitrogens with two attached hydrogens (primary N) is 2. The Bertz CT molecular complexity index is 512. The zero-order valence-corrected chi connectivity index (χ0v) is 12.4. The van der Waals surface area contributed by atoms with E-state index in [-0.39, 0.29) is 12.3 Å². The largest absolute Gasteiger partial charge is 0.370 e. The highest BCUT2D eigenvalue weighted by atomic mass is 35.5. The van der Waals surface area contributed by atoms with Gasteiger partial charge in [0.15, 0.2) is 0 Å². The van der Waals surface area contributed by atoms with Crippen molar-refractivity contribution in [1.29, 1.82) is 0 Å². The molecule has 0 aromatic heterocycles. The molecule has 1 unspecified atom stereocenters. The summed E-state index contributed by atoms with van der Waals surface area (Å²) in [4.78, 5) is 26.8. The van der Waals surface area contributed by atoms with Crippen molar-refractivity contribution in [2.24, 2.45) is 11.5 Å². The van der Waals surface area contributed by atoms with E-state index in [1.165, 1.54) is 0 Å². The van der Waals surface area contributed by atoms with Crippen LogP contribution in [0.4, 0.5) is 5.69 Å². The maximum atomic E-state index is 12.1. The van der Waals surface area contributed by atoms with Gasteiger partial charge in [0, 0.05) is 36.9 Å². The molecule has 0 radical (unpaired) electrons. The summed E-state index contributed by atoms with van der Waals surface area (Å²) in [7, 11) is 0. The van der Waals surface area contributed by atoms with Gasteiger partial charge in [0.25, 0.3) is 0 Å². The lowest BCUT2D eigenvalue weighted by molar-refractivity contribution is -0.134. The zero-order valence-electron chi connectivity index (χ0n) is 11.7. The van der Waals surface area contributed by atoms with Crippen LogP contribution in [0.2, 0.25) is 5.02 Å². The van der Waals surface area contributed by atoms with Crippen LogP contribution in [0.1, 0.15) is 6.42 Å². The minimum absolute atomic E-state index is 0.115. The van der Waals surface area contributed by atoms with Gasteiger partial charge in [-0.3, -0.25) is 9.59 Å². The van der Waals surface area contributed by atoms with Crippen molar-refractivity contribution in [2.75, 3.05) is 31.1 Å². The highest BCUT2D eigenvalue weighted by Crippen LogP contribution is 2.19. The first kappa shape index (κ1) is 15.6. The van der Waals surface area contributed by atoms with Gasteiger partial charge in [-0.05, 0) is 24.3 Å². The second-order valence-electron chi connectivity index (χ2n) is 5.07. The molecule has 0 saturated carbocycles. The van der Waals surface area contributed by atoms with Gasteiger partial charge in [0.05, 0.1) is 12.5 Å². The summed E-state index contributed by atoms with van der Waals surface area (Å²) in [5.74, 6) is -0.778. The smallest absolute Gasteiger partial charge is 0.240 e. The maximum Gasteiger partial charge on any atom is 0.240 e. The van der Waals surface area contributed by atoms with Gasteiger partial charge >= 0.3 is 0 Å². The fourth-order valence-electron chi connectivity index (χ4n) is 2.38. The lowest BCUT2D eigenvalue weighted by atomic mass is 10.1. The Hall–Kier alpha value is -1.79. The first-order chi connectivity index (χ1) is 9.97. The molecule has 0 aliphatic carbocycles. The van der Waals surface area contributed by atoms with Crippen LogP contribution >= 0.6 is 11.6 Å². The van der Waals surface area contributed by atoms with Crippen LogP contribution < -0.4 is 16.4 Å². The molecule has 1 atom stereocenters. The minimum Gasteiger partial charge on any atom is -0.370 e. The van der Waals surface area contributed by atoms with Crippen molar-refractivity contribution < 1.29 is 9.59 Å². The molecule has 2 amide bonds. The van der Waals surface area contributed by atoms with Crippen molar-refractivity contribution >= 4 is 29.1 Å². The van der Waals surface area contributed by atoms with Crippen molar-refractivity contribution in [2.45, 2.75) is 12.5 Å². The number of carbonyl (C=O) groups is 2. The van der Waals surface area contributed by atoms with E-state index < -0.39 is 11.9 Å². The first-order valence-electron chi connectivity index (χ1n) is 6.80. The molecule has 21 heavy (non-hydrogen) atoms. The number of piperazine rings is 1. The number of benzene rings is 1. The van der Waals surface area contributed by atoms with E-state index in [2.05, 4.69) is 4.90 Å². The number of amides is 2. The number of hydrogen-bond acceptors (Lipinski definition) is 4. The average Bonchev–Trinajstić information content (AvgIpc) is 2.47. The fourth-order valence-corrected chi connectivity index (χ4v) is 2.50. The summed E-state index contributed by atoms with van der Waals surface area (Å²) in [6.07, 6.45) is -0.115. The second kappa shape index (κ2) is 6.78. The van der Waals surface area contributed by atoms with Gasteiger partial charge in [-0.2, -0.15) is 0 Å². The third kappa shape index (κ3) is 4.09. The minimum atomic E-state index is -0.843. The molecular weight excluding hydrogens is 292 g/mol. The standard InChI is InChI=1S/C14H19ClN4O2/c15-10-1-3-11(4-2-10)18-5-7-19(8-6-18)14(21)12(16)9-13(17)20/h1-4,12H,5-9,16H2,(H2,17,20). The summed E-state index contributed by atoms with van der Waals surface area (Å²) in [5, 5.41) is 0.699. The molecule has 4 N–H and O–H groups in total. The normalized spacial score (nSPS) is 16.7. The quantitative estimate of drug-likeness (QED) is 0.830. The molecule has 1 aromatic carbocycles. The number of carbonyl (C=O) groups excluding carboxylic acids is 2. The fraction of sp³-hybridized carbons (Fsp3) is 0.429. The Balaban J connectivity index is 1.89. The second-order valence-corrected chi connectivity index (χ2v) is 5.50. The van der Waals surface area contributed by atoms with E-state index in [1.54, 1.807) is 4.90 Å². The van der Waals surface area contributed by atoms with Crippen LogP contribution in [-0.4, -0.2) is 48.9 Å². The molecule has 1 aliphatic heterocycles. The molecule has 1 aromatic rings. The van der Waals surface area contributed by atoms with Crippen molar-refractivity contribution in [3.8, 4) is 0 Å². The van der Waals surface area contributed by atoms with Crippen LogP contribution in [0.3, 0.4) is 0 Å². The van der Waals surface area contributed by atoms with Crippen molar-refractivity contribution in [1.82, 2.24) is 4.90 Å². The van der Waals surface area contributed by atoms with E-state index in [4.69, 9.17) is 23.1 Å². The van der Waals surface area contributed by atoms with E-state index >= 15 is 0 Å². The Morgan fingerprint density at radius 3 is 2.24 bits per heavy atom. The monoisotopic (exact) mass is 310 g/mol. The third-order valence-electron chi connectivity index (χ3n) is 3.52. The van der Waals surface area contributed by atoms with E-state index in [0.717, 1.165) is 18.8 Å². The molecule has 1 heterocycles. The SMILES string of the molecule is NC(=O)CC(N)C(=O)N1CCN(c2ccc(Cl)cc2)CC1. The van der Waals surface area contributed by atoms with Crippen molar-refractivity contribution in [3.05, 3.63) is 29.3 Å². The highest BCUT2D eigenvalue weighted by molar-refractivity contribution is 6.30. The van der Waals surface area contributed by atoms with Crippen LogP contribution in [0.5, 0.6) is 0 Å². The zero-order chi connectivity index (χ0) is 15.4. The van der Waals surface area contributed by atoms with Crippen LogP contribution in [0, 0.1) is 0 Å². The van der Waals surface area contributed by atoms with Crippen LogP contribution in [0.25, 0.3) is 0 Å². The average molecular weight is 311 g/mol. The number of hydrogen-bond donors (Lipinski definition) is 2. The third-order valence-corrected chi connectivity index (χ3v) is 3.77. The summed E-state index contributed by atoms with van der Waals surface area (Å²) in [6.45, 7) is 2.59. The lowest BCUT2D eigenvalue weighted by Crippen LogP contribution is -2.53. The summed E-state index contributed by atoms with van der Waals surface area (Å²) < 4.78 is 0. The highest BCUT2D eigenvalue weighted by Gasteiger charge is 2.26. The number of anilines is 1. The number of rotatable bonds is 4. The summed E-state index contributed by atoms with van der Waals surface area (Å²) >= 11 is 5.87. The number of nitrogens with zero attached hydrogens (tertiary/aromatic N) is 2. The van der Waals surface area contributed by atoms with E-state index in [0.29, 0.717) is 18.1 Å². The molecule has 1 fully saturated rings. The molecular formula is C14H19ClN4O2. The molecule has 1 saturated heterocycles. The summed E-state index contributed by atoms with van der Waals surface area (Å²) in [6, 6.07) is 6.76. The Morgan fingerprint density at radius 2 is 1.71 bits per heavy atom. The van der Waals surface area contributed by atoms with Gasteiger partial charge in [-0.1, -0.05) is 11.6 Å². The first-order valence-corrected chi connectivity index (χ1v) is 7.18. The predicted octanol–water partition coefficient (Wildman–Crippen LogP) is 0.191. The molecule has 0 spiro atoms. The van der Waals surface area contributed by atoms with E-state index in [9.17, 15) is 9.59 Å². The van der Waals surface area contributed by atoms with Gasteiger partial charge in [0.1, 0.15) is 0 Å². The molecule has 0 bridgehead atoms. The number of primary amides is 1. The molecule has 2 rings (SSSR count). The van der Waals surface area contributed by atoms with E-state index in [1.807, 2.05) is 24.3 Å². The number of halogens is 1.